The number of halogens is 1. The Kier molecular flexibility index (Phi) is 4.57. The van der Waals surface area contributed by atoms with Gasteiger partial charge in [0.25, 0.3) is 0 Å². The second kappa shape index (κ2) is 6.80. The Hall–Kier alpha value is -2.73. The number of carbonyl (C=O) groups is 1. The number of allylic oxidation sites excluding steroid dienone is 2. The zero-order chi connectivity index (χ0) is 17.1. The number of rotatable bonds is 5. The molecule has 2 N–H and O–H groups in total. The fraction of sp³-hybridized carbons (Fsp3) is 0.176. The minimum atomic E-state index is -1.02. The van der Waals surface area contributed by atoms with E-state index < -0.39 is 12.1 Å². The van der Waals surface area contributed by atoms with Gasteiger partial charge in [0.1, 0.15) is 11.5 Å². The van der Waals surface area contributed by atoms with Gasteiger partial charge in [0.15, 0.2) is 6.10 Å². The van der Waals surface area contributed by atoms with Gasteiger partial charge in [0.2, 0.25) is 5.88 Å². The molecule has 1 aromatic rings. The van der Waals surface area contributed by atoms with Crippen LogP contribution in [0.4, 0.5) is 0 Å². The molecule has 1 aromatic carbocycles. The molecule has 0 saturated carbocycles. The SMILES string of the molecule is C[C@@H](Oc1ccc(OC2=CN=C3C=C(Cl)C=CC3N2)cc1)C(=O)O. The molecule has 0 aromatic heterocycles. The number of fused-ring (bicyclic) bond motifs is 1. The summed E-state index contributed by atoms with van der Waals surface area (Å²) in [7, 11) is 0. The highest BCUT2D eigenvalue weighted by atomic mass is 35.5. The normalized spacial score (nSPS) is 19.9. The highest BCUT2D eigenvalue weighted by molar-refractivity contribution is 6.33. The van der Waals surface area contributed by atoms with Crippen molar-refractivity contribution < 1.29 is 19.4 Å². The van der Waals surface area contributed by atoms with Crippen LogP contribution in [0, 0.1) is 0 Å². The van der Waals surface area contributed by atoms with Crippen LogP contribution in [-0.2, 0) is 4.79 Å². The molecule has 2 aliphatic rings. The number of benzene rings is 1. The van der Waals surface area contributed by atoms with Crippen molar-refractivity contribution in [2.45, 2.75) is 19.1 Å². The lowest BCUT2D eigenvalue weighted by molar-refractivity contribution is -0.144. The summed E-state index contributed by atoms with van der Waals surface area (Å²) in [6.07, 6.45) is 6.17. The number of carboxylic acid groups (broad SMARTS) is 1. The minimum absolute atomic E-state index is 0.0773. The molecule has 7 heteroatoms. The summed E-state index contributed by atoms with van der Waals surface area (Å²) in [5, 5.41) is 12.7. The van der Waals surface area contributed by atoms with Crippen molar-refractivity contribution >= 4 is 23.3 Å². The minimum Gasteiger partial charge on any atom is -0.479 e. The van der Waals surface area contributed by atoms with E-state index in [2.05, 4.69) is 10.3 Å². The summed E-state index contributed by atoms with van der Waals surface area (Å²) in [5.74, 6) is 0.525. The molecule has 6 nitrogen and oxygen atoms in total. The molecule has 0 radical (unpaired) electrons. The summed E-state index contributed by atoms with van der Waals surface area (Å²) < 4.78 is 11.0. The Balaban J connectivity index is 1.65. The molecule has 3 rings (SSSR count). The van der Waals surface area contributed by atoms with Gasteiger partial charge in [-0.15, -0.1) is 0 Å². The van der Waals surface area contributed by atoms with Crippen molar-refractivity contribution in [1.29, 1.82) is 0 Å². The van der Waals surface area contributed by atoms with E-state index in [0.29, 0.717) is 22.4 Å². The summed E-state index contributed by atoms with van der Waals surface area (Å²) in [5.41, 5.74) is 0.821. The molecule has 0 saturated heterocycles. The lowest BCUT2D eigenvalue weighted by Crippen LogP contribution is -2.38. The maximum atomic E-state index is 10.8. The summed E-state index contributed by atoms with van der Waals surface area (Å²) in [6, 6.07) is 6.61. The maximum absolute atomic E-state index is 10.8. The number of nitrogens with one attached hydrogen (secondary N) is 1. The second-order valence-corrected chi connectivity index (χ2v) is 5.67. The Labute approximate surface area is 143 Å². The van der Waals surface area contributed by atoms with Crippen LogP contribution in [0.2, 0.25) is 0 Å². The van der Waals surface area contributed by atoms with Gasteiger partial charge in [-0.05, 0) is 43.3 Å². The number of hydrogen-bond acceptors (Lipinski definition) is 5. The van der Waals surface area contributed by atoms with E-state index in [-0.39, 0.29) is 6.04 Å². The molecule has 124 valence electrons. The van der Waals surface area contributed by atoms with Gasteiger partial charge in [0, 0.05) is 5.03 Å². The van der Waals surface area contributed by atoms with Crippen LogP contribution >= 0.6 is 11.6 Å². The van der Waals surface area contributed by atoms with E-state index in [0.717, 1.165) is 5.71 Å². The van der Waals surface area contributed by atoms with Gasteiger partial charge in [-0.3, -0.25) is 4.99 Å². The predicted octanol–water partition coefficient (Wildman–Crippen LogP) is 2.82. The lowest BCUT2D eigenvalue weighted by Gasteiger charge is -2.24. The summed E-state index contributed by atoms with van der Waals surface area (Å²) in [4.78, 5) is 15.1. The number of hydrogen-bond donors (Lipinski definition) is 2. The first kappa shape index (κ1) is 16.1. The van der Waals surface area contributed by atoms with Crippen molar-refractivity contribution in [3.8, 4) is 11.5 Å². The van der Waals surface area contributed by atoms with E-state index in [1.807, 2.05) is 6.08 Å². The van der Waals surface area contributed by atoms with E-state index in [9.17, 15) is 4.79 Å². The van der Waals surface area contributed by atoms with Crippen LogP contribution in [0.25, 0.3) is 0 Å². The molecular formula is C17H15ClN2O4. The van der Waals surface area contributed by atoms with Crippen LogP contribution < -0.4 is 14.8 Å². The number of ether oxygens (including phenoxy) is 2. The van der Waals surface area contributed by atoms with E-state index in [1.54, 1.807) is 42.6 Å². The molecular weight excluding hydrogens is 332 g/mol. The van der Waals surface area contributed by atoms with Crippen molar-refractivity contribution in [3.05, 3.63) is 59.6 Å². The topological polar surface area (TPSA) is 80.2 Å². The third kappa shape index (κ3) is 3.78. The van der Waals surface area contributed by atoms with E-state index in [1.165, 1.54) is 6.92 Å². The molecule has 0 spiro atoms. The lowest BCUT2D eigenvalue weighted by atomic mass is 10.1. The van der Waals surface area contributed by atoms with Gasteiger partial charge in [0.05, 0.1) is 18.0 Å². The first-order chi connectivity index (χ1) is 11.5. The molecule has 1 heterocycles. The molecule has 24 heavy (non-hydrogen) atoms. The molecule has 0 bridgehead atoms. The fourth-order valence-electron chi connectivity index (χ4n) is 2.15. The van der Waals surface area contributed by atoms with Gasteiger partial charge in [-0.1, -0.05) is 17.7 Å². The maximum Gasteiger partial charge on any atom is 0.344 e. The van der Waals surface area contributed by atoms with Crippen LogP contribution in [0.1, 0.15) is 6.92 Å². The summed E-state index contributed by atoms with van der Waals surface area (Å²) >= 11 is 5.94. The first-order valence-electron chi connectivity index (χ1n) is 7.28. The molecule has 0 amide bonds. The van der Waals surface area contributed by atoms with Crippen LogP contribution in [0.5, 0.6) is 11.5 Å². The van der Waals surface area contributed by atoms with Crippen molar-refractivity contribution in [2.24, 2.45) is 4.99 Å². The Morgan fingerprint density at radius 1 is 1.33 bits per heavy atom. The van der Waals surface area contributed by atoms with Crippen LogP contribution in [-0.4, -0.2) is 28.9 Å². The molecule has 0 fully saturated rings. The largest absolute Gasteiger partial charge is 0.479 e. The van der Waals surface area contributed by atoms with E-state index >= 15 is 0 Å². The van der Waals surface area contributed by atoms with E-state index in [4.69, 9.17) is 26.2 Å². The third-order valence-corrected chi connectivity index (χ3v) is 3.63. The average Bonchev–Trinajstić information content (AvgIpc) is 2.56. The molecule has 1 aliphatic carbocycles. The first-order valence-corrected chi connectivity index (χ1v) is 7.66. The van der Waals surface area contributed by atoms with Gasteiger partial charge < -0.3 is 19.9 Å². The quantitative estimate of drug-likeness (QED) is 0.857. The summed E-state index contributed by atoms with van der Waals surface area (Å²) in [6.45, 7) is 1.47. The standard InChI is InChI=1S/C17H15ClN2O4/c1-10(17(21)22)23-12-3-5-13(6-4-12)24-16-9-19-15-8-11(18)2-7-14(15)20-16/h2-10,14,20H,1H3,(H,21,22)/t10-,14?/m1/s1. The smallest absolute Gasteiger partial charge is 0.344 e. The van der Waals surface area contributed by atoms with Crippen LogP contribution in [0.3, 0.4) is 0 Å². The number of nitrogens with zero attached hydrogens (tertiary/aromatic N) is 1. The van der Waals surface area contributed by atoms with Crippen molar-refractivity contribution in [1.82, 2.24) is 5.32 Å². The molecule has 2 atom stereocenters. The van der Waals surface area contributed by atoms with Crippen LogP contribution in [0.15, 0.2) is 64.6 Å². The highest BCUT2D eigenvalue weighted by Gasteiger charge is 2.20. The Bertz CT molecular complexity index is 765. The number of aliphatic carboxylic acids is 1. The predicted molar refractivity (Wildman–Crippen MR) is 90.3 cm³/mol. The molecule has 1 unspecified atom stereocenters. The second-order valence-electron chi connectivity index (χ2n) is 5.23. The average molecular weight is 347 g/mol. The van der Waals surface area contributed by atoms with Gasteiger partial charge in [-0.25, -0.2) is 4.79 Å². The zero-order valence-electron chi connectivity index (χ0n) is 12.8. The number of carboxylic acids is 1. The van der Waals surface area contributed by atoms with Gasteiger partial charge >= 0.3 is 5.97 Å². The monoisotopic (exact) mass is 346 g/mol. The third-order valence-electron chi connectivity index (χ3n) is 3.39. The van der Waals surface area contributed by atoms with Crippen molar-refractivity contribution in [3.63, 3.8) is 0 Å². The van der Waals surface area contributed by atoms with Crippen molar-refractivity contribution in [2.75, 3.05) is 0 Å². The zero-order valence-corrected chi connectivity index (χ0v) is 13.5. The Morgan fingerprint density at radius 2 is 2.04 bits per heavy atom. The molecule has 1 aliphatic heterocycles. The highest BCUT2D eigenvalue weighted by Crippen LogP contribution is 2.22. The van der Waals surface area contributed by atoms with Gasteiger partial charge in [-0.2, -0.15) is 0 Å². The number of aliphatic imine (C=N–C) groups is 1. The fourth-order valence-corrected chi connectivity index (χ4v) is 2.34. The Morgan fingerprint density at radius 3 is 2.75 bits per heavy atom.